The molecule has 0 radical (unpaired) electrons. The Bertz CT molecular complexity index is 435. The Kier molecular flexibility index (Phi) is 15.1. The van der Waals surface area contributed by atoms with Crippen molar-refractivity contribution < 1.29 is 24.6 Å². The van der Waals surface area contributed by atoms with Crippen molar-refractivity contribution in [3.8, 4) is 0 Å². The summed E-state index contributed by atoms with van der Waals surface area (Å²) in [5.74, 6) is -2.46. The molecule has 0 saturated heterocycles. The minimum absolute atomic E-state index is 0.0483. The van der Waals surface area contributed by atoms with E-state index in [2.05, 4.69) is 10.3 Å². The molecule has 0 bridgehead atoms. The number of nitrogens with two attached hydrogens (primary N) is 4. The van der Waals surface area contributed by atoms with Gasteiger partial charge in [0, 0.05) is 13.5 Å². The van der Waals surface area contributed by atoms with Crippen molar-refractivity contribution in [2.75, 3.05) is 13.1 Å². The van der Waals surface area contributed by atoms with Crippen LogP contribution in [0.15, 0.2) is 4.99 Å². The number of amides is 1. The van der Waals surface area contributed by atoms with Crippen LogP contribution in [-0.2, 0) is 14.4 Å². The summed E-state index contributed by atoms with van der Waals surface area (Å²) in [5, 5.41) is 18.9. The molecule has 0 spiro atoms. The van der Waals surface area contributed by atoms with Crippen LogP contribution in [0.25, 0.3) is 0 Å². The monoisotopic (exact) mass is 362 g/mol. The highest BCUT2D eigenvalue weighted by Crippen LogP contribution is 2.02. The van der Waals surface area contributed by atoms with Gasteiger partial charge in [-0.05, 0) is 32.2 Å². The third-order valence-electron chi connectivity index (χ3n) is 2.87. The van der Waals surface area contributed by atoms with Gasteiger partial charge in [-0.15, -0.1) is 0 Å². The van der Waals surface area contributed by atoms with Crippen molar-refractivity contribution in [1.29, 1.82) is 0 Å². The van der Waals surface area contributed by atoms with E-state index < -0.39 is 29.9 Å². The molecule has 0 heterocycles. The Morgan fingerprint density at radius 3 is 2.08 bits per heavy atom. The second kappa shape index (κ2) is 15.1. The first-order valence-corrected chi connectivity index (χ1v) is 7.85. The molecule has 0 aromatic carbocycles. The first-order valence-electron chi connectivity index (χ1n) is 7.85. The fraction of sp³-hybridized carbons (Fsp3) is 0.714. The average Bonchev–Trinajstić information content (AvgIpc) is 2.49. The van der Waals surface area contributed by atoms with Crippen molar-refractivity contribution in [3.05, 3.63) is 0 Å². The second-order valence-corrected chi connectivity index (χ2v) is 5.26. The Balaban J connectivity index is 0. The van der Waals surface area contributed by atoms with E-state index in [1.54, 1.807) is 0 Å². The molecule has 11 N–H and O–H groups in total. The van der Waals surface area contributed by atoms with Crippen molar-refractivity contribution in [2.45, 2.75) is 51.1 Å². The number of carbonyl (C=O) groups excluding carboxylic acids is 1. The summed E-state index contributed by atoms with van der Waals surface area (Å²) in [6, 6.07) is -1.72. The summed E-state index contributed by atoms with van der Waals surface area (Å²) in [4.78, 5) is 35.6. The lowest BCUT2D eigenvalue weighted by atomic mass is 10.1. The maximum atomic E-state index is 11.8. The first-order chi connectivity index (χ1) is 11.6. The summed E-state index contributed by atoms with van der Waals surface area (Å²) >= 11 is 0. The van der Waals surface area contributed by atoms with Crippen LogP contribution in [0.2, 0.25) is 0 Å². The molecule has 0 aliphatic rings. The van der Waals surface area contributed by atoms with Crippen molar-refractivity contribution in [2.24, 2.45) is 27.9 Å². The van der Waals surface area contributed by atoms with E-state index in [0.29, 0.717) is 25.9 Å². The number of aliphatic imine (C=N–C) groups is 1. The fourth-order valence-electron chi connectivity index (χ4n) is 1.68. The summed E-state index contributed by atoms with van der Waals surface area (Å²) in [6.45, 7) is 1.93. The second-order valence-electron chi connectivity index (χ2n) is 5.26. The molecule has 0 aromatic heterocycles. The van der Waals surface area contributed by atoms with Crippen LogP contribution in [-0.4, -0.2) is 59.2 Å². The van der Waals surface area contributed by atoms with E-state index in [-0.39, 0.29) is 12.4 Å². The lowest BCUT2D eigenvalue weighted by Gasteiger charge is -2.17. The van der Waals surface area contributed by atoms with Crippen molar-refractivity contribution in [1.82, 2.24) is 5.32 Å². The zero-order chi connectivity index (χ0) is 19.8. The number of unbranched alkanes of at least 4 members (excludes halogenated alkanes) is 1. The molecule has 0 aromatic rings. The van der Waals surface area contributed by atoms with E-state index in [1.165, 1.54) is 0 Å². The third kappa shape index (κ3) is 17.8. The number of nitrogens with zero attached hydrogens (tertiary/aromatic N) is 1. The number of hydrogen-bond donors (Lipinski definition) is 7. The molecule has 0 rings (SSSR count). The molecular formula is C14H30N6O5. The third-order valence-corrected chi connectivity index (χ3v) is 2.87. The molecular weight excluding hydrogens is 332 g/mol. The largest absolute Gasteiger partial charge is 0.481 e. The van der Waals surface area contributed by atoms with Gasteiger partial charge in [-0.1, -0.05) is 6.42 Å². The molecule has 0 aliphatic carbocycles. The molecule has 0 aliphatic heterocycles. The SMILES string of the molecule is CC(=O)O.NCCCC[C@H](N)C(=O)N[C@@H](CCCN=C(N)N)C(=O)O. The summed E-state index contributed by atoms with van der Waals surface area (Å²) in [7, 11) is 0. The van der Waals surface area contributed by atoms with Crippen molar-refractivity contribution >= 4 is 23.8 Å². The quantitative estimate of drug-likeness (QED) is 0.124. The number of aliphatic carboxylic acids is 2. The van der Waals surface area contributed by atoms with E-state index in [1.807, 2.05) is 0 Å². The van der Waals surface area contributed by atoms with Crippen LogP contribution >= 0.6 is 0 Å². The zero-order valence-electron chi connectivity index (χ0n) is 14.5. The molecule has 0 unspecified atom stereocenters. The number of guanidine groups is 1. The van der Waals surface area contributed by atoms with Gasteiger partial charge in [-0.3, -0.25) is 14.6 Å². The smallest absolute Gasteiger partial charge is 0.326 e. The Hall–Kier alpha value is -2.40. The van der Waals surface area contributed by atoms with Gasteiger partial charge in [0.1, 0.15) is 6.04 Å². The van der Waals surface area contributed by atoms with Gasteiger partial charge in [0.25, 0.3) is 5.97 Å². The predicted octanol–water partition coefficient (Wildman–Crippen LogP) is -1.84. The average molecular weight is 362 g/mol. The van der Waals surface area contributed by atoms with E-state index in [4.69, 9.17) is 37.9 Å². The lowest BCUT2D eigenvalue weighted by molar-refractivity contribution is -0.142. The summed E-state index contributed by atoms with van der Waals surface area (Å²) in [6.07, 6.45) is 2.66. The number of carboxylic acid groups (broad SMARTS) is 2. The van der Waals surface area contributed by atoms with Gasteiger partial charge in [-0.25, -0.2) is 4.79 Å². The van der Waals surface area contributed by atoms with Gasteiger partial charge in [0.05, 0.1) is 6.04 Å². The standard InChI is InChI=1S/C12H26N6O3.C2H4O2/c13-6-2-1-4-8(14)10(19)18-9(11(20)21)5-3-7-17-12(15)16;1-2(3)4/h8-9H,1-7,13-14H2,(H,18,19)(H,20,21)(H4,15,16,17);1H3,(H,3,4)/t8-,9-;/m0./s1. The molecule has 0 fully saturated rings. The maximum absolute atomic E-state index is 11.8. The van der Waals surface area contributed by atoms with Crippen LogP contribution in [0.4, 0.5) is 0 Å². The van der Waals surface area contributed by atoms with Gasteiger partial charge < -0.3 is 38.5 Å². The highest BCUT2D eigenvalue weighted by molar-refractivity contribution is 5.86. The van der Waals surface area contributed by atoms with Crippen LogP contribution < -0.4 is 28.3 Å². The normalized spacial score (nSPS) is 12.1. The summed E-state index contributed by atoms with van der Waals surface area (Å²) in [5.41, 5.74) is 21.4. The summed E-state index contributed by atoms with van der Waals surface area (Å²) < 4.78 is 0. The Morgan fingerprint density at radius 1 is 1.08 bits per heavy atom. The van der Waals surface area contributed by atoms with Crippen LogP contribution in [0.3, 0.4) is 0 Å². The number of rotatable bonds is 11. The van der Waals surface area contributed by atoms with Crippen LogP contribution in [0, 0.1) is 0 Å². The first kappa shape index (κ1) is 24.8. The topological polar surface area (TPSA) is 220 Å². The number of hydrogen-bond acceptors (Lipinski definition) is 6. The van der Waals surface area contributed by atoms with Crippen LogP contribution in [0.1, 0.15) is 39.0 Å². The minimum atomic E-state index is -1.11. The van der Waals surface area contributed by atoms with E-state index in [9.17, 15) is 9.59 Å². The Labute approximate surface area is 146 Å². The number of carboxylic acids is 2. The molecule has 25 heavy (non-hydrogen) atoms. The van der Waals surface area contributed by atoms with Crippen molar-refractivity contribution in [3.63, 3.8) is 0 Å². The molecule has 1 amide bonds. The van der Waals surface area contributed by atoms with Gasteiger partial charge in [-0.2, -0.15) is 0 Å². The number of carbonyl (C=O) groups is 3. The van der Waals surface area contributed by atoms with E-state index >= 15 is 0 Å². The highest BCUT2D eigenvalue weighted by atomic mass is 16.4. The lowest BCUT2D eigenvalue weighted by Crippen LogP contribution is -2.48. The zero-order valence-corrected chi connectivity index (χ0v) is 14.5. The molecule has 11 heteroatoms. The molecule has 0 saturated carbocycles. The number of nitrogens with one attached hydrogen (secondary N) is 1. The van der Waals surface area contributed by atoms with E-state index in [0.717, 1.165) is 19.8 Å². The molecule has 2 atom stereocenters. The minimum Gasteiger partial charge on any atom is -0.481 e. The molecule has 11 nitrogen and oxygen atoms in total. The maximum Gasteiger partial charge on any atom is 0.326 e. The highest BCUT2D eigenvalue weighted by Gasteiger charge is 2.22. The van der Waals surface area contributed by atoms with Crippen LogP contribution in [0.5, 0.6) is 0 Å². The van der Waals surface area contributed by atoms with Gasteiger partial charge in [0.15, 0.2) is 5.96 Å². The fourth-order valence-corrected chi connectivity index (χ4v) is 1.68. The van der Waals surface area contributed by atoms with Gasteiger partial charge >= 0.3 is 5.97 Å². The predicted molar refractivity (Wildman–Crippen MR) is 93.7 cm³/mol. The van der Waals surface area contributed by atoms with Gasteiger partial charge in [0.2, 0.25) is 5.91 Å². The Morgan fingerprint density at radius 2 is 1.64 bits per heavy atom. The molecule has 146 valence electrons.